The molecule has 0 aromatic carbocycles. The molecule has 0 aliphatic carbocycles. The monoisotopic (exact) mass is 222 g/mol. The minimum Gasteiger partial charge on any atom is -0.447 e. The minimum absolute atomic E-state index is 0.0665. The van der Waals surface area contributed by atoms with Crippen LogP contribution in [0.4, 0.5) is 10.6 Å². The van der Waals surface area contributed by atoms with Gasteiger partial charge < -0.3 is 4.74 Å². The molecule has 1 aliphatic rings. The maximum absolute atomic E-state index is 11.4. The molecule has 4 heteroatoms. The van der Waals surface area contributed by atoms with E-state index in [0.717, 1.165) is 5.69 Å². The van der Waals surface area contributed by atoms with E-state index in [4.69, 9.17) is 4.74 Å². The topological polar surface area (TPSA) is 42.4 Å². The van der Waals surface area contributed by atoms with Gasteiger partial charge >= 0.3 is 6.09 Å². The van der Waals surface area contributed by atoms with Crippen LogP contribution in [0.25, 0.3) is 0 Å². The van der Waals surface area contributed by atoms with Gasteiger partial charge in [-0.2, -0.15) is 0 Å². The lowest BCUT2D eigenvalue weighted by molar-refractivity contribution is 0.179. The van der Waals surface area contributed by atoms with Crippen molar-refractivity contribution in [1.82, 2.24) is 4.98 Å². The molecule has 1 unspecified atom stereocenters. The Balaban J connectivity index is 0.000000606. The Hall–Kier alpha value is -1.58. The predicted octanol–water partition coefficient (Wildman–Crippen LogP) is 2.76. The highest BCUT2D eigenvalue weighted by atomic mass is 16.6. The van der Waals surface area contributed by atoms with E-state index in [9.17, 15) is 4.79 Å². The van der Waals surface area contributed by atoms with Crippen molar-refractivity contribution in [3.63, 3.8) is 0 Å². The van der Waals surface area contributed by atoms with Gasteiger partial charge in [0.2, 0.25) is 0 Å². The van der Waals surface area contributed by atoms with E-state index >= 15 is 0 Å². The second-order valence-electron chi connectivity index (χ2n) is 3.43. The fourth-order valence-corrected chi connectivity index (χ4v) is 1.50. The highest BCUT2D eigenvalue weighted by Gasteiger charge is 2.31. The van der Waals surface area contributed by atoms with Crippen molar-refractivity contribution in [2.75, 3.05) is 11.5 Å². The normalized spacial score (nSPS) is 18.9. The van der Waals surface area contributed by atoms with Gasteiger partial charge in [-0.15, -0.1) is 0 Å². The molecule has 1 aromatic heterocycles. The zero-order valence-corrected chi connectivity index (χ0v) is 10.2. The van der Waals surface area contributed by atoms with E-state index in [1.165, 1.54) is 0 Å². The Morgan fingerprint density at radius 2 is 2.12 bits per heavy atom. The molecule has 1 atom stereocenters. The number of anilines is 1. The SMILES string of the molecule is CC.Cc1cccc(N2C(=O)OCC2C)n1. The van der Waals surface area contributed by atoms with E-state index < -0.39 is 0 Å². The van der Waals surface area contributed by atoms with Crippen molar-refractivity contribution >= 4 is 11.9 Å². The second kappa shape index (κ2) is 5.49. The number of hydrogen-bond acceptors (Lipinski definition) is 3. The van der Waals surface area contributed by atoms with Crippen LogP contribution >= 0.6 is 0 Å². The predicted molar refractivity (Wildman–Crippen MR) is 63.6 cm³/mol. The quantitative estimate of drug-likeness (QED) is 0.733. The lowest BCUT2D eigenvalue weighted by Crippen LogP contribution is -2.31. The van der Waals surface area contributed by atoms with E-state index in [1.54, 1.807) is 4.90 Å². The standard InChI is InChI=1S/C10H12N2O2.C2H6/c1-7-4-3-5-9(11-7)12-8(2)6-14-10(12)13;1-2/h3-5,8H,6H2,1-2H3;1-2H3. The number of rotatable bonds is 1. The smallest absolute Gasteiger partial charge is 0.415 e. The molecule has 0 bridgehead atoms. The molecule has 1 aliphatic heterocycles. The Bertz CT molecular complexity index is 366. The molecule has 0 N–H and O–H groups in total. The molecule has 0 spiro atoms. The van der Waals surface area contributed by atoms with Crippen molar-refractivity contribution in [3.05, 3.63) is 23.9 Å². The Morgan fingerprint density at radius 3 is 2.62 bits per heavy atom. The summed E-state index contributed by atoms with van der Waals surface area (Å²) in [6, 6.07) is 5.67. The molecule has 88 valence electrons. The van der Waals surface area contributed by atoms with Crippen molar-refractivity contribution in [2.24, 2.45) is 0 Å². The van der Waals surface area contributed by atoms with Gasteiger partial charge in [-0.3, -0.25) is 4.90 Å². The first-order chi connectivity index (χ1) is 7.68. The first-order valence-corrected chi connectivity index (χ1v) is 5.58. The number of carbonyl (C=O) groups excluding carboxylic acids is 1. The van der Waals surface area contributed by atoms with E-state index in [-0.39, 0.29) is 12.1 Å². The summed E-state index contributed by atoms with van der Waals surface area (Å²) in [5.74, 6) is 0.667. The number of aromatic nitrogens is 1. The second-order valence-corrected chi connectivity index (χ2v) is 3.43. The summed E-state index contributed by atoms with van der Waals surface area (Å²) in [5.41, 5.74) is 0.898. The molecule has 0 saturated carbocycles. The third-order valence-electron chi connectivity index (χ3n) is 2.21. The molecule has 2 heterocycles. The van der Waals surface area contributed by atoms with Gasteiger partial charge in [0.15, 0.2) is 0 Å². The van der Waals surface area contributed by atoms with Crippen molar-refractivity contribution in [3.8, 4) is 0 Å². The summed E-state index contributed by atoms with van der Waals surface area (Å²) in [7, 11) is 0. The number of cyclic esters (lactones) is 1. The van der Waals surface area contributed by atoms with Crippen LogP contribution in [0.15, 0.2) is 18.2 Å². The first kappa shape index (κ1) is 12.5. The third-order valence-corrected chi connectivity index (χ3v) is 2.21. The molecule has 2 rings (SSSR count). The van der Waals surface area contributed by atoms with Crippen LogP contribution in [0, 0.1) is 6.92 Å². The number of nitrogens with zero attached hydrogens (tertiary/aromatic N) is 2. The summed E-state index contributed by atoms with van der Waals surface area (Å²) in [5, 5.41) is 0. The van der Waals surface area contributed by atoms with E-state index in [2.05, 4.69) is 4.98 Å². The number of hydrogen-bond donors (Lipinski definition) is 0. The Morgan fingerprint density at radius 1 is 1.44 bits per heavy atom. The number of ether oxygens (including phenoxy) is 1. The average molecular weight is 222 g/mol. The van der Waals surface area contributed by atoms with Crippen LogP contribution in [0.2, 0.25) is 0 Å². The summed E-state index contributed by atoms with van der Waals surface area (Å²) in [4.78, 5) is 17.2. The maximum Gasteiger partial charge on any atom is 0.415 e. The number of aryl methyl sites for hydroxylation is 1. The van der Waals surface area contributed by atoms with Crippen LogP contribution in [0.5, 0.6) is 0 Å². The van der Waals surface area contributed by atoms with Crippen molar-refractivity contribution < 1.29 is 9.53 Å². The summed E-state index contributed by atoms with van der Waals surface area (Å²) >= 11 is 0. The average Bonchev–Trinajstić information content (AvgIpc) is 2.61. The molecule has 1 amide bonds. The summed E-state index contributed by atoms with van der Waals surface area (Å²) in [6.45, 7) is 8.28. The van der Waals surface area contributed by atoms with Crippen LogP contribution in [-0.4, -0.2) is 23.7 Å². The molecule has 0 radical (unpaired) electrons. The molecule has 1 aromatic rings. The summed E-state index contributed by atoms with van der Waals surface area (Å²) in [6.07, 6.45) is -0.310. The van der Waals surface area contributed by atoms with Gasteiger partial charge in [0.1, 0.15) is 12.4 Å². The fourth-order valence-electron chi connectivity index (χ4n) is 1.50. The zero-order valence-electron chi connectivity index (χ0n) is 10.2. The van der Waals surface area contributed by atoms with Crippen LogP contribution in [0.1, 0.15) is 26.5 Å². The van der Waals surface area contributed by atoms with Crippen molar-refractivity contribution in [2.45, 2.75) is 33.7 Å². The van der Waals surface area contributed by atoms with Crippen LogP contribution < -0.4 is 4.90 Å². The van der Waals surface area contributed by atoms with Crippen LogP contribution in [-0.2, 0) is 4.74 Å². The van der Waals surface area contributed by atoms with Crippen molar-refractivity contribution in [1.29, 1.82) is 0 Å². The van der Waals surface area contributed by atoms with Gasteiger partial charge in [-0.25, -0.2) is 9.78 Å². The molecular weight excluding hydrogens is 204 g/mol. The molecular formula is C12H18N2O2. The van der Waals surface area contributed by atoms with Gasteiger partial charge in [-0.05, 0) is 26.0 Å². The molecule has 4 nitrogen and oxygen atoms in total. The largest absolute Gasteiger partial charge is 0.447 e. The van der Waals surface area contributed by atoms with Crippen LogP contribution in [0.3, 0.4) is 0 Å². The van der Waals surface area contributed by atoms with E-state index in [1.807, 2.05) is 45.9 Å². The van der Waals surface area contributed by atoms with Gasteiger partial charge in [0.25, 0.3) is 0 Å². The lowest BCUT2D eigenvalue weighted by atomic mass is 10.3. The minimum atomic E-state index is -0.310. The lowest BCUT2D eigenvalue weighted by Gasteiger charge is -2.16. The van der Waals surface area contributed by atoms with Gasteiger partial charge in [0.05, 0.1) is 6.04 Å². The Kier molecular flexibility index (Phi) is 4.28. The fraction of sp³-hybridized carbons (Fsp3) is 0.500. The summed E-state index contributed by atoms with van der Waals surface area (Å²) < 4.78 is 4.92. The highest BCUT2D eigenvalue weighted by molar-refractivity contribution is 5.88. The number of carbonyl (C=O) groups is 1. The van der Waals surface area contributed by atoms with Gasteiger partial charge in [0, 0.05) is 5.69 Å². The third kappa shape index (κ3) is 2.51. The maximum atomic E-state index is 11.4. The molecule has 16 heavy (non-hydrogen) atoms. The molecule has 1 saturated heterocycles. The van der Waals surface area contributed by atoms with E-state index in [0.29, 0.717) is 12.4 Å². The number of amides is 1. The highest BCUT2D eigenvalue weighted by Crippen LogP contribution is 2.20. The Labute approximate surface area is 96.2 Å². The first-order valence-electron chi connectivity index (χ1n) is 5.58. The molecule has 1 fully saturated rings. The zero-order chi connectivity index (χ0) is 12.1. The van der Waals surface area contributed by atoms with Gasteiger partial charge in [-0.1, -0.05) is 19.9 Å². The number of pyridine rings is 1.